The van der Waals surface area contributed by atoms with Crippen LogP contribution in [0, 0.1) is 0 Å². The number of benzene rings is 2. The maximum Gasteiger partial charge on any atom is 0.142 e. The molecule has 0 unspecified atom stereocenters. The van der Waals surface area contributed by atoms with Gasteiger partial charge in [-0.1, -0.05) is 0 Å². The van der Waals surface area contributed by atoms with Crippen molar-refractivity contribution in [1.29, 1.82) is 0 Å². The molecule has 2 aromatic rings. The number of rotatable bonds is 5. The van der Waals surface area contributed by atoms with Crippen LogP contribution in [0.1, 0.15) is 0 Å². The van der Waals surface area contributed by atoms with E-state index in [1.54, 1.807) is 21.3 Å². The SMILES string of the molecule is COc1ccc(Nc2cc(OC)ccc2OC)cc1. The number of nitrogens with one attached hydrogen (secondary N) is 1. The number of hydrogen-bond donors (Lipinski definition) is 1. The van der Waals surface area contributed by atoms with Crippen molar-refractivity contribution in [2.75, 3.05) is 26.6 Å². The molecule has 0 atom stereocenters. The zero-order valence-corrected chi connectivity index (χ0v) is 11.3. The van der Waals surface area contributed by atoms with Crippen molar-refractivity contribution in [3.63, 3.8) is 0 Å². The van der Waals surface area contributed by atoms with Gasteiger partial charge in [0, 0.05) is 11.8 Å². The molecule has 4 nitrogen and oxygen atoms in total. The lowest BCUT2D eigenvalue weighted by Gasteiger charge is -2.13. The molecule has 0 heterocycles. The molecule has 2 aromatic carbocycles. The number of hydrogen-bond acceptors (Lipinski definition) is 4. The molecule has 0 saturated heterocycles. The van der Waals surface area contributed by atoms with Crippen molar-refractivity contribution >= 4 is 11.4 Å². The molecule has 0 fully saturated rings. The van der Waals surface area contributed by atoms with Crippen molar-refractivity contribution in [2.24, 2.45) is 0 Å². The topological polar surface area (TPSA) is 39.7 Å². The highest BCUT2D eigenvalue weighted by atomic mass is 16.5. The van der Waals surface area contributed by atoms with Crippen LogP contribution in [-0.4, -0.2) is 21.3 Å². The normalized spacial score (nSPS) is 9.84. The van der Waals surface area contributed by atoms with E-state index in [0.717, 1.165) is 28.6 Å². The van der Waals surface area contributed by atoms with E-state index < -0.39 is 0 Å². The summed E-state index contributed by atoms with van der Waals surface area (Å²) >= 11 is 0. The van der Waals surface area contributed by atoms with E-state index in [1.807, 2.05) is 42.5 Å². The van der Waals surface area contributed by atoms with Gasteiger partial charge < -0.3 is 19.5 Å². The van der Waals surface area contributed by atoms with Gasteiger partial charge in [0.05, 0.1) is 27.0 Å². The summed E-state index contributed by atoms with van der Waals surface area (Å²) in [5, 5.41) is 3.29. The summed E-state index contributed by atoms with van der Waals surface area (Å²) < 4.78 is 15.7. The van der Waals surface area contributed by atoms with Crippen LogP contribution >= 0.6 is 0 Å². The van der Waals surface area contributed by atoms with Gasteiger partial charge in [-0.05, 0) is 36.4 Å². The summed E-state index contributed by atoms with van der Waals surface area (Å²) in [5.74, 6) is 2.36. The number of anilines is 2. The van der Waals surface area contributed by atoms with E-state index in [0.29, 0.717) is 0 Å². The van der Waals surface area contributed by atoms with E-state index in [4.69, 9.17) is 14.2 Å². The number of methoxy groups -OCH3 is 3. The zero-order valence-electron chi connectivity index (χ0n) is 11.3. The van der Waals surface area contributed by atoms with Gasteiger partial charge in [-0.15, -0.1) is 0 Å². The highest BCUT2D eigenvalue weighted by Crippen LogP contribution is 2.31. The molecule has 2 rings (SSSR count). The molecule has 19 heavy (non-hydrogen) atoms. The van der Waals surface area contributed by atoms with Crippen LogP contribution in [-0.2, 0) is 0 Å². The molecule has 0 aliphatic heterocycles. The lowest BCUT2D eigenvalue weighted by atomic mass is 10.2. The van der Waals surface area contributed by atoms with Gasteiger partial charge >= 0.3 is 0 Å². The van der Waals surface area contributed by atoms with Crippen molar-refractivity contribution < 1.29 is 14.2 Å². The first-order valence-corrected chi connectivity index (χ1v) is 5.90. The zero-order chi connectivity index (χ0) is 13.7. The van der Waals surface area contributed by atoms with Gasteiger partial charge in [-0.25, -0.2) is 0 Å². The van der Waals surface area contributed by atoms with Gasteiger partial charge in [0.25, 0.3) is 0 Å². The molecule has 0 saturated carbocycles. The van der Waals surface area contributed by atoms with Gasteiger partial charge in [0.2, 0.25) is 0 Å². The average molecular weight is 259 g/mol. The maximum absolute atomic E-state index is 5.32. The van der Waals surface area contributed by atoms with Gasteiger partial charge in [0.1, 0.15) is 17.2 Å². The summed E-state index contributed by atoms with van der Waals surface area (Å²) in [5.41, 5.74) is 1.80. The highest BCUT2D eigenvalue weighted by Gasteiger charge is 2.05. The summed E-state index contributed by atoms with van der Waals surface area (Å²) in [7, 11) is 4.92. The minimum absolute atomic E-state index is 0.761. The van der Waals surface area contributed by atoms with Gasteiger partial charge in [-0.3, -0.25) is 0 Å². The van der Waals surface area contributed by atoms with Gasteiger partial charge in [-0.2, -0.15) is 0 Å². The Labute approximate surface area is 112 Å². The molecule has 0 radical (unpaired) electrons. The van der Waals surface area contributed by atoms with Crippen molar-refractivity contribution in [2.45, 2.75) is 0 Å². The number of ether oxygens (including phenoxy) is 3. The Balaban J connectivity index is 2.25. The van der Waals surface area contributed by atoms with E-state index >= 15 is 0 Å². The third-order valence-corrected chi connectivity index (χ3v) is 2.78. The summed E-state index contributed by atoms with van der Waals surface area (Å²) in [6.07, 6.45) is 0. The predicted molar refractivity (Wildman–Crippen MR) is 75.8 cm³/mol. The van der Waals surface area contributed by atoms with Crippen molar-refractivity contribution in [3.05, 3.63) is 42.5 Å². The Kier molecular flexibility index (Phi) is 4.13. The molecule has 0 amide bonds. The lowest BCUT2D eigenvalue weighted by Crippen LogP contribution is -1.95. The molecule has 0 spiro atoms. The molecule has 0 bridgehead atoms. The second kappa shape index (κ2) is 6.00. The monoisotopic (exact) mass is 259 g/mol. The van der Waals surface area contributed by atoms with E-state index in [2.05, 4.69) is 5.32 Å². The molecule has 0 aliphatic carbocycles. The maximum atomic E-state index is 5.32. The minimum atomic E-state index is 0.761. The summed E-state index contributed by atoms with van der Waals surface area (Å²) in [6.45, 7) is 0. The predicted octanol–water partition coefficient (Wildman–Crippen LogP) is 3.46. The van der Waals surface area contributed by atoms with Crippen LogP contribution in [0.2, 0.25) is 0 Å². The Bertz CT molecular complexity index is 538. The van der Waals surface area contributed by atoms with E-state index in [-0.39, 0.29) is 0 Å². The fraction of sp³-hybridized carbons (Fsp3) is 0.200. The highest BCUT2D eigenvalue weighted by molar-refractivity contribution is 5.68. The largest absolute Gasteiger partial charge is 0.497 e. The molecule has 0 aliphatic rings. The van der Waals surface area contributed by atoms with Crippen LogP contribution in [0.4, 0.5) is 11.4 Å². The summed E-state index contributed by atoms with van der Waals surface area (Å²) in [6, 6.07) is 13.3. The minimum Gasteiger partial charge on any atom is -0.497 e. The second-order valence-corrected chi connectivity index (χ2v) is 3.92. The molecule has 1 N–H and O–H groups in total. The van der Waals surface area contributed by atoms with Crippen LogP contribution in [0.5, 0.6) is 17.2 Å². The Hall–Kier alpha value is -2.36. The Morgan fingerprint density at radius 2 is 1.37 bits per heavy atom. The molecular weight excluding hydrogens is 242 g/mol. The van der Waals surface area contributed by atoms with Crippen molar-refractivity contribution in [3.8, 4) is 17.2 Å². The van der Waals surface area contributed by atoms with Crippen LogP contribution < -0.4 is 19.5 Å². The van der Waals surface area contributed by atoms with Crippen molar-refractivity contribution in [1.82, 2.24) is 0 Å². The molecule has 4 heteroatoms. The second-order valence-electron chi connectivity index (χ2n) is 3.92. The van der Waals surface area contributed by atoms with Gasteiger partial charge in [0.15, 0.2) is 0 Å². The molecule has 100 valence electrons. The first-order chi connectivity index (χ1) is 9.26. The molecular formula is C15H17NO3. The fourth-order valence-electron chi connectivity index (χ4n) is 1.74. The average Bonchev–Trinajstić information content (AvgIpc) is 2.48. The standard InChI is InChI=1S/C15H17NO3/c1-17-12-6-4-11(5-7-12)16-14-10-13(18-2)8-9-15(14)19-3/h4-10,16H,1-3H3. The Morgan fingerprint density at radius 1 is 0.737 bits per heavy atom. The first kappa shape index (κ1) is 13.1. The van der Waals surface area contributed by atoms with E-state index in [9.17, 15) is 0 Å². The fourth-order valence-corrected chi connectivity index (χ4v) is 1.74. The third-order valence-electron chi connectivity index (χ3n) is 2.78. The van der Waals surface area contributed by atoms with Crippen LogP contribution in [0.15, 0.2) is 42.5 Å². The first-order valence-electron chi connectivity index (χ1n) is 5.90. The van der Waals surface area contributed by atoms with E-state index in [1.165, 1.54) is 0 Å². The molecule has 0 aromatic heterocycles. The third kappa shape index (κ3) is 3.10. The van der Waals surface area contributed by atoms with Crippen LogP contribution in [0.25, 0.3) is 0 Å². The lowest BCUT2D eigenvalue weighted by molar-refractivity contribution is 0.405. The van der Waals surface area contributed by atoms with Crippen LogP contribution in [0.3, 0.4) is 0 Å². The summed E-state index contributed by atoms with van der Waals surface area (Å²) in [4.78, 5) is 0. The smallest absolute Gasteiger partial charge is 0.142 e. The Morgan fingerprint density at radius 3 is 1.95 bits per heavy atom. The quantitative estimate of drug-likeness (QED) is 0.892.